The van der Waals surface area contributed by atoms with Gasteiger partial charge in [-0.3, -0.25) is 0 Å². The zero-order valence-corrected chi connectivity index (χ0v) is 11.5. The van der Waals surface area contributed by atoms with Crippen LogP contribution in [0.1, 0.15) is 19.4 Å². The maximum absolute atomic E-state index is 13.3. The zero-order valence-electron chi connectivity index (χ0n) is 9.93. The molecule has 1 aliphatic rings. The summed E-state index contributed by atoms with van der Waals surface area (Å²) in [5, 5.41) is 0. The highest BCUT2D eigenvalue weighted by Gasteiger charge is 2.30. The van der Waals surface area contributed by atoms with Crippen LogP contribution in [0.3, 0.4) is 0 Å². The molecule has 1 aliphatic heterocycles. The van der Waals surface area contributed by atoms with Crippen LogP contribution in [-0.2, 0) is 0 Å². The number of hydrogen-bond donors (Lipinski definition) is 0. The lowest BCUT2D eigenvalue weighted by atomic mass is 9.87. The van der Waals surface area contributed by atoms with Crippen LogP contribution < -0.4 is 4.90 Å². The number of benzene rings is 1. The van der Waals surface area contributed by atoms with Crippen molar-refractivity contribution in [3.8, 4) is 0 Å². The molecular weight excluding hydrogens is 269 g/mol. The van der Waals surface area contributed by atoms with Crippen LogP contribution in [0.4, 0.5) is 10.1 Å². The van der Waals surface area contributed by atoms with Crippen molar-refractivity contribution in [2.45, 2.75) is 20.8 Å². The molecule has 3 heteroatoms. The number of anilines is 1. The zero-order chi connectivity index (χ0) is 11.9. The summed E-state index contributed by atoms with van der Waals surface area (Å²) in [7, 11) is 0. The van der Waals surface area contributed by atoms with E-state index in [1.165, 1.54) is 0 Å². The van der Waals surface area contributed by atoms with Gasteiger partial charge < -0.3 is 4.90 Å². The van der Waals surface area contributed by atoms with E-state index in [0.29, 0.717) is 4.47 Å². The number of halogens is 2. The van der Waals surface area contributed by atoms with E-state index in [9.17, 15) is 4.39 Å². The molecule has 1 heterocycles. The van der Waals surface area contributed by atoms with Gasteiger partial charge in [-0.1, -0.05) is 13.8 Å². The van der Waals surface area contributed by atoms with Crippen molar-refractivity contribution >= 4 is 21.6 Å². The highest BCUT2D eigenvalue weighted by atomic mass is 79.9. The molecule has 1 nitrogen and oxygen atoms in total. The Morgan fingerprint density at radius 3 is 2.56 bits per heavy atom. The standard InChI is InChI=1S/C13H17BrFN/c1-8(2)10-6-16(7-10)13-5-11(14)12(15)4-9(13)3/h4-5,8,10H,6-7H2,1-3H3. The van der Waals surface area contributed by atoms with Crippen molar-refractivity contribution in [3.63, 3.8) is 0 Å². The number of hydrogen-bond acceptors (Lipinski definition) is 1. The molecule has 2 rings (SSSR count). The molecule has 1 saturated heterocycles. The van der Waals surface area contributed by atoms with Gasteiger partial charge in [-0.25, -0.2) is 4.39 Å². The van der Waals surface area contributed by atoms with Crippen LogP contribution in [0.25, 0.3) is 0 Å². The molecule has 16 heavy (non-hydrogen) atoms. The van der Waals surface area contributed by atoms with E-state index in [1.807, 2.05) is 13.0 Å². The molecule has 0 radical (unpaired) electrons. The van der Waals surface area contributed by atoms with E-state index in [-0.39, 0.29) is 5.82 Å². The summed E-state index contributed by atoms with van der Waals surface area (Å²) in [4.78, 5) is 2.32. The summed E-state index contributed by atoms with van der Waals surface area (Å²) in [6.07, 6.45) is 0. The molecule has 88 valence electrons. The lowest BCUT2D eigenvalue weighted by Gasteiger charge is -2.44. The van der Waals surface area contributed by atoms with Gasteiger partial charge in [-0.15, -0.1) is 0 Å². The monoisotopic (exact) mass is 285 g/mol. The van der Waals surface area contributed by atoms with Crippen molar-refractivity contribution in [2.75, 3.05) is 18.0 Å². The minimum absolute atomic E-state index is 0.179. The normalized spacial score (nSPS) is 16.8. The maximum atomic E-state index is 13.3. The van der Waals surface area contributed by atoms with Gasteiger partial charge in [0, 0.05) is 18.8 Å². The van der Waals surface area contributed by atoms with E-state index in [4.69, 9.17) is 0 Å². The van der Waals surface area contributed by atoms with Gasteiger partial charge >= 0.3 is 0 Å². The average molecular weight is 286 g/mol. The Morgan fingerprint density at radius 2 is 2.00 bits per heavy atom. The number of nitrogens with zero attached hydrogens (tertiary/aromatic N) is 1. The third-order valence-corrected chi connectivity index (χ3v) is 4.04. The lowest BCUT2D eigenvalue weighted by Crippen LogP contribution is -2.49. The third kappa shape index (κ3) is 2.10. The molecule has 0 unspecified atom stereocenters. The molecule has 1 fully saturated rings. The van der Waals surface area contributed by atoms with Gasteiger partial charge in [-0.2, -0.15) is 0 Å². The minimum Gasteiger partial charge on any atom is -0.371 e. The van der Waals surface area contributed by atoms with Crippen molar-refractivity contribution < 1.29 is 4.39 Å². The third-order valence-electron chi connectivity index (χ3n) is 3.43. The van der Waals surface area contributed by atoms with Gasteiger partial charge in [0.1, 0.15) is 5.82 Å². The summed E-state index contributed by atoms with van der Waals surface area (Å²) in [5.41, 5.74) is 2.17. The van der Waals surface area contributed by atoms with Gasteiger partial charge in [0.05, 0.1) is 4.47 Å². The van der Waals surface area contributed by atoms with Gasteiger partial charge in [0.25, 0.3) is 0 Å². The lowest BCUT2D eigenvalue weighted by molar-refractivity contribution is 0.309. The largest absolute Gasteiger partial charge is 0.371 e. The Labute approximate surface area is 105 Å². The van der Waals surface area contributed by atoms with Crippen LogP contribution >= 0.6 is 15.9 Å². The Hall–Kier alpha value is -0.570. The molecule has 1 aromatic rings. The molecular formula is C13H17BrFN. The van der Waals surface area contributed by atoms with E-state index >= 15 is 0 Å². The van der Waals surface area contributed by atoms with Crippen molar-refractivity contribution in [3.05, 3.63) is 28.0 Å². The maximum Gasteiger partial charge on any atom is 0.137 e. The first-order valence-corrected chi connectivity index (χ1v) is 6.49. The van der Waals surface area contributed by atoms with Crippen LogP contribution in [0, 0.1) is 24.6 Å². The van der Waals surface area contributed by atoms with Crippen LogP contribution in [0.15, 0.2) is 16.6 Å². The van der Waals surface area contributed by atoms with Crippen molar-refractivity contribution in [1.82, 2.24) is 0 Å². The fraction of sp³-hybridized carbons (Fsp3) is 0.538. The van der Waals surface area contributed by atoms with Crippen LogP contribution in [0.5, 0.6) is 0 Å². The number of rotatable bonds is 2. The molecule has 0 spiro atoms. The SMILES string of the molecule is Cc1cc(F)c(Br)cc1N1CC(C(C)C)C1. The second-order valence-corrected chi connectivity index (χ2v) is 5.82. The van der Waals surface area contributed by atoms with E-state index in [2.05, 4.69) is 34.7 Å². The fourth-order valence-electron chi connectivity index (χ4n) is 2.11. The second-order valence-electron chi connectivity index (χ2n) is 4.96. The minimum atomic E-state index is -0.179. The predicted molar refractivity (Wildman–Crippen MR) is 69.4 cm³/mol. The van der Waals surface area contributed by atoms with E-state index in [0.717, 1.165) is 36.2 Å². The highest BCUT2D eigenvalue weighted by molar-refractivity contribution is 9.10. The first kappa shape index (κ1) is 11.9. The summed E-state index contributed by atoms with van der Waals surface area (Å²) >= 11 is 3.24. The van der Waals surface area contributed by atoms with Crippen LogP contribution in [-0.4, -0.2) is 13.1 Å². The molecule has 0 atom stereocenters. The second kappa shape index (κ2) is 4.36. The van der Waals surface area contributed by atoms with Crippen molar-refractivity contribution in [1.29, 1.82) is 0 Å². The van der Waals surface area contributed by atoms with E-state index in [1.54, 1.807) is 6.07 Å². The first-order chi connectivity index (χ1) is 7.49. The van der Waals surface area contributed by atoms with Gasteiger partial charge in [0.2, 0.25) is 0 Å². The van der Waals surface area contributed by atoms with Crippen LogP contribution in [0.2, 0.25) is 0 Å². The Morgan fingerprint density at radius 1 is 1.38 bits per heavy atom. The summed E-state index contributed by atoms with van der Waals surface area (Å²) in [6.45, 7) is 8.67. The summed E-state index contributed by atoms with van der Waals surface area (Å²) in [6, 6.07) is 3.49. The molecule has 1 aromatic carbocycles. The molecule has 0 aliphatic carbocycles. The molecule has 0 amide bonds. The average Bonchev–Trinajstić information content (AvgIpc) is 2.10. The molecule has 0 bridgehead atoms. The Kier molecular flexibility index (Phi) is 3.24. The first-order valence-electron chi connectivity index (χ1n) is 5.69. The Balaban J connectivity index is 2.15. The quantitative estimate of drug-likeness (QED) is 0.794. The smallest absolute Gasteiger partial charge is 0.137 e. The topological polar surface area (TPSA) is 3.24 Å². The predicted octanol–water partition coefficient (Wildman–Crippen LogP) is 3.99. The van der Waals surface area contributed by atoms with Gasteiger partial charge in [-0.05, 0) is 52.4 Å². The highest BCUT2D eigenvalue weighted by Crippen LogP contribution is 2.33. The molecule has 0 saturated carbocycles. The number of aryl methyl sites for hydroxylation is 1. The fourth-order valence-corrected chi connectivity index (χ4v) is 2.44. The van der Waals surface area contributed by atoms with Crippen molar-refractivity contribution in [2.24, 2.45) is 11.8 Å². The summed E-state index contributed by atoms with van der Waals surface area (Å²) < 4.78 is 13.8. The molecule has 0 N–H and O–H groups in total. The molecule has 0 aromatic heterocycles. The Bertz CT molecular complexity index is 397. The summed E-state index contributed by atoms with van der Waals surface area (Å²) in [5.74, 6) is 1.34. The van der Waals surface area contributed by atoms with E-state index < -0.39 is 0 Å². The van der Waals surface area contributed by atoms with Gasteiger partial charge in [0.15, 0.2) is 0 Å².